The van der Waals surface area contributed by atoms with Crippen molar-refractivity contribution < 1.29 is 36.9 Å². The van der Waals surface area contributed by atoms with E-state index >= 15 is 0 Å². The number of piperidine rings is 1. The molecule has 2 aromatic rings. The van der Waals surface area contributed by atoms with Crippen molar-refractivity contribution >= 4 is 5.91 Å². The lowest BCUT2D eigenvalue weighted by molar-refractivity contribution is -0.274. The van der Waals surface area contributed by atoms with Gasteiger partial charge in [0.05, 0.1) is 12.7 Å². The van der Waals surface area contributed by atoms with Gasteiger partial charge >= 0.3 is 6.36 Å². The number of ether oxygens (including phenoxy) is 4. The van der Waals surface area contributed by atoms with Crippen LogP contribution in [-0.2, 0) is 11.3 Å². The Balaban J connectivity index is 1.31. The van der Waals surface area contributed by atoms with Crippen molar-refractivity contribution in [2.45, 2.75) is 31.9 Å². The smallest absolute Gasteiger partial charge is 0.454 e. The predicted molar refractivity (Wildman–Crippen MR) is 99.4 cm³/mol. The average molecular weight is 423 g/mol. The molecule has 1 unspecified atom stereocenters. The monoisotopic (exact) mass is 423 g/mol. The minimum Gasteiger partial charge on any atom is -0.454 e. The molecule has 0 spiro atoms. The Morgan fingerprint density at radius 2 is 1.87 bits per heavy atom. The van der Waals surface area contributed by atoms with Gasteiger partial charge in [0.2, 0.25) is 6.79 Å². The average Bonchev–Trinajstić information content (AvgIpc) is 3.20. The molecule has 0 bridgehead atoms. The standard InChI is InChI=1S/C21H20F3NO5/c22-21(23,24)30-16-6-3-14(4-7-16)12-27-17-2-1-9-25(11-17)20(26)15-5-8-18-19(10-15)29-13-28-18/h3-8,10,17H,1-2,9,11-13H2. The van der Waals surface area contributed by atoms with Crippen molar-refractivity contribution in [2.24, 2.45) is 0 Å². The quantitative estimate of drug-likeness (QED) is 0.724. The van der Waals surface area contributed by atoms with Gasteiger partial charge in [-0.05, 0) is 48.7 Å². The molecule has 0 radical (unpaired) electrons. The van der Waals surface area contributed by atoms with Crippen LogP contribution >= 0.6 is 0 Å². The molecule has 30 heavy (non-hydrogen) atoms. The number of amides is 1. The van der Waals surface area contributed by atoms with Crippen LogP contribution in [0.3, 0.4) is 0 Å². The van der Waals surface area contributed by atoms with E-state index in [2.05, 4.69) is 4.74 Å². The largest absolute Gasteiger partial charge is 0.573 e. The number of hydrogen-bond donors (Lipinski definition) is 0. The van der Waals surface area contributed by atoms with Gasteiger partial charge in [0.15, 0.2) is 11.5 Å². The van der Waals surface area contributed by atoms with Crippen molar-refractivity contribution in [3.63, 3.8) is 0 Å². The van der Waals surface area contributed by atoms with Crippen LogP contribution in [0, 0.1) is 0 Å². The number of rotatable bonds is 5. The van der Waals surface area contributed by atoms with Crippen molar-refractivity contribution in [2.75, 3.05) is 19.9 Å². The number of carbonyl (C=O) groups is 1. The first-order valence-electron chi connectivity index (χ1n) is 9.52. The fourth-order valence-corrected chi connectivity index (χ4v) is 3.47. The molecule has 4 rings (SSSR count). The van der Waals surface area contributed by atoms with Crippen molar-refractivity contribution in [1.29, 1.82) is 0 Å². The van der Waals surface area contributed by atoms with Crippen LogP contribution in [0.15, 0.2) is 42.5 Å². The number of carbonyl (C=O) groups excluding carboxylic acids is 1. The van der Waals surface area contributed by atoms with E-state index < -0.39 is 6.36 Å². The number of hydrogen-bond acceptors (Lipinski definition) is 5. The van der Waals surface area contributed by atoms with Crippen LogP contribution in [-0.4, -0.2) is 43.2 Å². The van der Waals surface area contributed by atoms with E-state index in [9.17, 15) is 18.0 Å². The first-order valence-corrected chi connectivity index (χ1v) is 9.52. The topological polar surface area (TPSA) is 57.2 Å². The molecular weight excluding hydrogens is 403 g/mol. The van der Waals surface area contributed by atoms with E-state index in [0.717, 1.165) is 18.4 Å². The minimum absolute atomic E-state index is 0.102. The molecule has 2 aliphatic rings. The fourth-order valence-electron chi connectivity index (χ4n) is 3.47. The van der Waals surface area contributed by atoms with E-state index in [1.54, 1.807) is 23.1 Å². The van der Waals surface area contributed by atoms with E-state index in [0.29, 0.717) is 30.2 Å². The summed E-state index contributed by atoms with van der Waals surface area (Å²) in [6, 6.07) is 10.7. The second-order valence-corrected chi connectivity index (χ2v) is 7.09. The molecule has 1 saturated heterocycles. The lowest BCUT2D eigenvalue weighted by Gasteiger charge is -2.32. The third kappa shape index (κ3) is 4.96. The maximum absolute atomic E-state index is 12.8. The van der Waals surface area contributed by atoms with E-state index in [4.69, 9.17) is 14.2 Å². The maximum atomic E-state index is 12.8. The molecule has 160 valence electrons. The van der Waals surface area contributed by atoms with Gasteiger partial charge in [-0.25, -0.2) is 0 Å². The van der Waals surface area contributed by atoms with Crippen molar-refractivity contribution in [3.8, 4) is 17.2 Å². The van der Waals surface area contributed by atoms with E-state index in [1.165, 1.54) is 24.3 Å². The zero-order chi connectivity index (χ0) is 21.1. The lowest BCUT2D eigenvalue weighted by Crippen LogP contribution is -2.43. The third-order valence-corrected chi connectivity index (χ3v) is 4.93. The summed E-state index contributed by atoms with van der Waals surface area (Å²) in [7, 11) is 0. The van der Waals surface area contributed by atoms with Crippen LogP contribution < -0.4 is 14.2 Å². The molecule has 1 fully saturated rings. The molecule has 1 atom stereocenters. The molecule has 0 saturated carbocycles. The molecule has 2 heterocycles. The van der Waals surface area contributed by atoms with Gasteiger partial charge in [-0.15, -0.1) is 13.2 Å². The molecule has 0 aliphatic carbocycles. The summed E-state index contributed by atoms with van der Waals surface area (Å²) in [5, 5.41) is 0. The molecule has 2 aromatic carbocycles. The van der Waals surface area contributed by atoms with Crippen LogP contribution in [0.2, 0.25) is 0 Å². The van der Waals surface area contributed by atoms with E-state index in [-0.39, 0.29) is 31.2 Å². The number of nitrogens with zero attached hydrogens (tertiary/aromatic N) is 1. The molecule has 0 aromatic heterocycles. The zero-order valence-electron chi connectivity index (χ0n) is 16.0. The fraction of sp³-hybridized carbons (Fsp3) is 0.381. The van der Waals surface area contributed by atoms with Crippen molar-refractivity contribution in [3.05, 3.63) is 53.6 Å². The Hall–Kier alpha value is -2.94. The Kier molecular flexibility index (Phi) is 5.72. The number of halogens is 3. The molecule has 0 N–H and O–H groups in total. The highest BCUT2D eigenvalue weighted by Gasteiger charge is 2.31. The second kappa shape index (κ2) is 8.43. The van der Waals surface area contributed by atoms with Crippen molar-refractivity contribution in [1.82, 2.24) is 4.90 Å². The van der Waals surface area contributed by atoms with Gasteiger partial charge in [-0.3, -0.25) is 4.79 Å². The highest BCUT2D eigenvalue weighted by atomic mass is 19.4. The Labute approximate surface area is 171 Å². The van der Waals surface area contributed by atoms with E-state index in [1.807, 2.05) is 0 Å². The van der Waals surface area contributed by atoms with Gasteiger partial charge in [-0.2, -0.15) is 0 Å². The van der Waals surface area contributed by atoms with Gasteiger partial charge in [0.1, 0.15) is 5.75 Å². The number of benzene rings is 2. The summed E-state index contributed by atoms with van der Waals surface area (Å²) in [5.74, 6) is 0.807. The van der Waals surface area contributed by atoms with Gasteiger partial charge in [-0.1, -0.05) is 12.1 Å². The Morgan fingerprint density at radius 3 is 2.63 bits per heavy atom. The zero-order valence-corrected chi connectivity index (χ0v) is 16.0. The number of likely N-dealkylation sites (tertiary alicyclic amines) is 1. The molecule has 2 aliphatic heterocycles. The maximum Gasteiger partial charge on any atom is 0.573 e. The summed E-state index contributed by atoms with van der Waals surface area (Å²) in [4.78, 5) is 14.6. The number of alkyl halides is 3. The van der Waals surface area contributed by atoms with Crippen LogP contribution in [0.5, 0.6) is 17.2 Å². The van der Waals surface area contributed by atoms with Gasteiger partial charge < -0.3 is 23.8 Å². The highest BCUT2D eigenvalue weighted by molar-refractivity contribution is 5.95. The third-order valence-electron chi connectivity index (χ3n) is 4.93. The Morgan fingerprint density at radius 1 is 1.10 bits per heavy atom. The molecular formula is C21H20F3NO5. The summed E-state index contributed by atoms with van der Waals surface area (Å²) in [6.45, 7) is 1.47. The summed E-state index contributed by atoms with van der Waals surface area (Å²) < 4.78 is 57.1. The SMILES string of the molecule is O=C(c1ccc2c(c1)OCO2)N1CCCC(OCc2ccc(OC(F)(F)F)cc2)C1. The normalized spacial score (nSPS) is 18.4. The van der Waals surface area contributed by atoms with Crippen LogP contribution in [0.25, 0.3) is 0 Å². The van der Waals surface area contributed by atoms with Gasteiger partial charge in [0.25, 0.3) is 5.91 Å². The highest BCUT2D eigenvalue weighted by Crippen LogP contribution is 2.33. The number of fused-ring (bicyclic) bond motifs is 1. The lowest BCUT2D eigenvalue weighted by atomic mass is 10.1. The van der Waals surface area contributed by atoms with Crippen LogP contribution in [0.1, 0.15) is 28.8 Å². The first-order chi connectivity index (χ1) is 14.4. The van der Waals surface area contributed by atoms with Crippen LogP contribution in [0.4, 0.5) is 13.2 Å². The van der Waals surface area contributed by atoms with Gasteiger partial charge in [0, 0.05) is 18.7 Å². The molecule has 9 heteroatoms. The predicted octanol–water partition coefficient (Wildman–Crippen LogP) is 4.14. The summed E-state index contributed by atoms with van der Waals surface area (Å²) in [5.41, 5.74) is 1.25. The second-order valence-electron chi connectivity index (χ2n) is 7.09. The summed E-state index contributed by atoms with van der Waals surface area (Å²) >= 11 is 0. The Bertz CT molecular complexity index is 901. The first kappa shape index (κ1) is 20.3. The minimum atomic E-state index is -4.71. The molecule has 1 amide bonds. The molecule has 6 nitrogen and oxygen atoms in total. The summed E-state index contributed by atoms with van der Waals surface area (Å²) in [6.07, 6.45) is -3.25.